The van der Waals surface area contributed by atoms with Gasteiger partial charge in [0.15, 0.2) is 0 Å². The highest BCUT2D eigenvalue weighted by molar-refractivity contribution is 7.98. The van der Waals surface area contributed by atoms with Gasteiger partial charge in [-0.05, 0) is 38.4 Å². The van der Waals surface area contributed by atoms with Gasteiger partial charge >= 0.3 is 0 Å². The van der Waals surface area contributed by atoms with Crippen LogP contribution in [0.5, 0.6) is 0 Å². The number of thioether (sulfide) groups is 1. The van der Waals surface area contributed by atoms with E-state index < -0.39 is 10.2 Å². The molecule has 0 heterocycles. The number of nitrogens with one attached hydrogen (secondary N) is 2. The van der Waals surface area contributed by atoms with Crippen molar-refractivity contribution in [3.8, 4) is 0 Å². The molecule has 0 aromatic rings. The molecule has 0 saturated heterocycles. The zero-order chi connectivity index (χ0) is 12.4. The van der Waals surface area contributed by atoms with Crippen LogP contribution in [0.3, 0.4) is 0 Å². The van der Waals surface area contributed by atoms with E-state index >= 15 is 0 Å². The standard InChI is InChI=1S/C9H23N3O2S2/c1-10-6-4-8-12(2)16(13,14)11-7-5-9-15-3/h10-11H,4-9H2,1-3H3. The van der Waals surface area contributed by atoms with E-state index in [1.807, 2.05) is 13.3 Å². The second-order valence-electron chi connectivity index (χ2n) is 3.52. The van der Waals surface area contributed by atoms with E-state index in [9.17, 15) is 8.42 Å². The third-order valence-electron chi connectivity index (χ3n) is 2.12. The molecule has 0 aromatic heterocycles. The molecule has 16 heavy (non-hydrogen) atoms. The Morgan fingerprint density at radius 3 is 2.50 bits per heavy atom. The summed E-state index contributed by atoms with van der Waals surface area (Å²) >= 11 is 1.72. The van der Waals surface area contributed by atoms with Crippen molar-refractivity contribution in [3.05, 3.63) is 0 Å². The van der Waals surface area contributed by atoms with Gasteiger partial charge in [0.05, 0.1) is 0 Å². The lowest BCUT2D eigenvalue weighted by atomic mass is 10.4. The molecule has 0 atom stereocenters. The van der Waals surface area contributed by atoms with E-state index in [1.165, 1.54) is 4.31 Å². The Hall–Kier alpha value is 0.180. The Bertz CT molecular complexity index is 257. The summed E-state index contributed by atoms with van der Waals surface area (Å²) in [4.78, 5) is 0. The fourth-order valence-electron chi connectivity index (χ4n) is 1.13. The highest BCUT2D eigenvalue weighted by Gasteiger charge is 2.15. The molecule has 0 bridgehead atoms. The molecule has 7 heteroatoms. The van der Waals surface area contributed by atoms with Crippen LogP contribution in [0, 0.1) is 0 Å². The molecule has 2 N–H and O–H groups in total. The smallest absolute Gasteiger partial charge is 0.279 e. The fourth-order valence-corrected chi connectivity index (χ4v) is 2.55. The molecular formula is C9H23N3O2S2. The van der Waals surface area contributed by atoms with E-state index in [0.717, 1.165) is 25.1 Å². The molecule has 0 unspecified atom stereocenters. The Labute approximate surface area is 104 Å². The lowest BCUT2D eigenvalue weighted by Gasteiger charge is -2.17. The second-order valence-corrected chi connectivity index (χ2v) is 6.37. The topological polar surface area (TPSA) is 61.4 Å². The summed E-state index contributed by atoms with van der Waals surface area (Å²) in [6, 6.07) is 0. The van der Waals surface area contributed by atoms with Gasteiger partial charge in [-0.25, -0.2) is 4.72 Å². The van der Waals surface area contributed by atoms with Crippen LogP contribution in [-0.4, -0.2) is 58.5 Å². The molecule has 0 aliphatic rings. The van der Waals surface area contributed by atoms with Crippen molar-refractivity contribution in [1.82, 2.24) is 14.3 Å². The minimum absolute atomic E-state index is 0.513. The summed E-state index contributed by atoms with van der Waals surface area (Å²) in [5.41, 5.74) is 0. The first-order valence-electron chi connectivity index (χ1n) is 5.39. The van der Waals surface area contributed by atoms with Crippen LogP contribution < -0.4 is 10.0 Å². The number of hydrogen-bond acceptors (Lipinski definition) is 4. The van der Waals surface area contributed by atoms with Crippen molar-refractivity contribution < 1.29 is 8.42 Å². The maximum absolute atomic E-state index is 11.7. The number of rotatable bonds is 10. The summed E-state index contributed by atoms with van der Waals surface area (Å²) in [7, 11) is 0.185. The van der Waals surface area contributed by atoms with Crippen molar-refractivity contribution in [2.24, 2.45) is 0 Å². The van der Waals surface area contributed by atoms with Gasteiger partial charge < -0.3 is 5.32 Å². The van der Waals surface area contributed by atoms with Crippen molar-refractivity contribution in [2.75, 3.05) is 45.7 Å². The van der Waals surface area contributed by atoms with E-state index in [0.29, 0.717) is 13.1 Å². The molecule has 0 fully saturated rings. The summed E-state index contributed by atoms with van der Waals surface area (Å²) in [5.74, 6) is 0.978. The van der Waals surface area contributed by atoms with Gasteiger partial charge in [-0.3, -0.25) is 0 Å². The average molecular weight is 269 g/mol. The van der Waals surface area contributed by atoms with Crippen LogP contribution in [0.4, 0.5) is 0 Å². The minimum Gasteiger partial charge on any atom is -0.320 e. The largest absolute Gasteiger partial charge is 0.320 e. The lowest BCUT2D eigenvalue weighted by Crippen LogP contribution is -2.39. The highest BCUT2D eigenvalue weighted by atomic mass is 32.2. The SMILES string of the molecule is CNCCCN(C)S(=O)(=O)NCCCSC. The molecule has 0 saturated carbocycles. The molecular weight excluding hydrogens is 246 g/mol. The van der Waals surface area contributed by atoms with Crippen molar-refractivity contribution in [3.63, 3.8) is 0 Å². The summed E-state index contributed by atoms with van der Waals surface area (Å²) in [6.45, 7) is 1.88. The zero-order valence-corrected chi connectivity index (χ0v) is 12.0. The minimum atomic E-state index is -3.27. The molecule has 0 aliphatic carbocycles. The van der Waals surface area contributed by atoms with Gasteiger partial charge in [0.25, 0.3) is 10.2 Å². The fraction of sp³-hybridized carbons (Fsp3) is 1.00. The monoisotopic (exact) mass is 269 g/mol. The predicted octanol–water partition coefficient (Wildman–Crippen LogP) is 0.115. The van der Waals surface area contributed by atoms with Crippen LogP contribution in [0.2, 0.25) is 0 Å². The maximum Gasteiger partial charge on any atom is 0.279 e. The van der Waals surface area contributed by atoms with Gasteiger partial charge in [0.2, 0.25) is 0 Å². The third kappa shape index (κ3) is 7.45. The van der Waals surface area contributed by atoms with Crippen LogP contribution >= 0.6 is 11.8 Å². The summed E-state index contributed by atoms with van der Waals surface area (Å²) in [6.07, 6.45) is 3.70. The van der Waals surface area contributed by atoms with Crippen molar-refractivity contribution >= 4 is 22.0 Å². The van der Waals surface area contributed by atoms with Gasteiger partial charge in [-0.2, -0.15) is 24.5 Å². The molecule has 0 amide bonds. The predicted molar refractivity (Wildman–Crippen MR) is 71.1 cm³/mol. The van der Waals surface area contributed by atoms with E-state index in [1.54, 1.807) is 18.8 Å². The Morgan fingerprint density at radius 1 is 1.25 bits per heavy atom. The molecule has 0 radical (unpaired) electrons. The van der Waals surface area contributed by atoms with E-state index in [2.05, 4.69) is 10.0 Å². The van der Waals surface area contributed by atoms with Crippen LogP contribution in [0.15, 0.2) is 0 Å². The molecule has 0 spiro atoms. The van der Waals surface area contributed by atoms with E-state index in [-0.39, 0.29) is 0 Å². The third-order valence-corrected chi connectivity index (χ3v) is 4.39. The first kappa shape index (κ1) is 16.2. The number of hydrogen-bond donors (Lipinski definition) is 2. The average Bonchev–Trinajstić information content (AvgIpc) is 2.24. The molecule has 0 rings (SSSR count). The molecule has 98 valence electrons. The Kier molecular flexibility index (Phi) is 9.34. The van der Waals surface area contributed by atoms with Crippen LogP contribution in [0.25, 0.3) is 0 Å². The maximum atomic E-state index is 11.7. The van der Waals surface area contributed by atoms with Gasteiger partial charge in [0, 0.05) is 20.1 Å². The zero-order valence-electron chi connectivity index (χ0n) is 10.3. The van der Waals surface area contributed by atoms with Crippen LogP contribution in [-0.2, 0) is 10.2 Å². The normalized spacial score (nSPS) is 12.2. The Balaban J connectivity index is 3.82. The Morgan fingerprint density at radius 2 is 1.94 bits per heavy atom. The first-order valence-corrected chi connectivity index (χ1v) is 8.22. The van der Waals surface area contributed by atoms with Crippen molar-refractivity contribution in [2.45, 2.75) is 12.8 Å². The molecule has 5 nitrogen and oxygen atoms in total. The molecule has 0 aliphatic heterocycles. The van der Waals surface area contributed by atoms with Gasteiger partial charge in [-0.1, -0.05) is 0 Å². The first-order chi connectivity index (χ1) is 7.54. The summed E-state index contributed by atoms with van der Waals surface area (Å²) in [5, 5.41) is 2.99. The van der Waals surface area contributed by atoms with Crippen LogP contribution in [0.1, 0.15) is 12.8 Å². The molecule has 0 aromatic carbocycles. The van der Waals surface area contributed by atoms with Crippen molar-refractivity contribution in [1.29, 1.82) is 0 Å². The van der Waals surface area contributed by atoms with Gasteiger partial charge in [0.1, 0.15) is 0 Å². The lowest BCUT2D eigenvalue weighted by molar-refractivity contribution is 0.448. The quantitative estimate of drug-likeness (QED) is 0.553. The second kappa shape index (κ2) is 9.23. The van der Waals surface area contributed by atoms with Gasteiger partial charge in [-0.15, -0.1) is 0 Å². The number of nitrogens with zero attached hydrogens (tertiary/aromatic N) is 1. The van der Waals surface area contributed by atoms with E-state index in [4.69, 9.17) is 0 Å². The summed E-state index contributed by atoms with van der Waals surface area (Å²) < 4.78 is 27.3. The highest BCUT2D eigenvalue weighted by Crippen LogP contribution is 1.98.